The van der Waals surface area contributed by atoms with Crippen LogP contribution < -0.4 is 5.32 Å². The van der Waals surface area contributed by atoms with E-state index in [-0.39, 0.29) is 18.2 Å². The molecular formula is C22H32N4O4S. The van der Waals surface area contributed by atoms with Crippen LogP contribution in [0.5, 0.6) is 0 Å². The lowest BCUT2D eigenvalue weighted by Gasteiger charge is -2.34. The molecule has 1 aliphatic carbocycles. The van der Waals surface area contributed by atoms with Crippen molar-refractivity contribution in [2.24, 2.45) is 0 Å². The molecule has 2 saturated heterocycles. The van der Waals surface area contributed by atoms with Crippen molar-refractivity contribution >= 4 is 21.8 Å². The monoisotopic (exact) mass is 448 g/mol. The normalized spacial score (nSPS) is 21.1. The molecule has 2 amide bonds. The molecule has 0 aromatic heterocycles. The maximum Gasteiger partial charge on any atom is 0.243 e. The Hall–Kier alpha value is -1.97. The van der Waals surface area contributed by atoms with Gasteiger partial charge in [-0.3, -0.25) is 14.5 Å². The zero-order chi connectivity index (χ0) is 21.8. The minimum Gasteiger partial charge on any atom is -0.352 e. The molecule has 31 heavy (non-hydrogen) atoms. The van der Waals surface area contributed by atoms with Crippen LogP contribution in [0.1, 0.15) is 37.7 Å². The number of carbonyl (C=O) groups excluding carboxylic acids is 2. The number of sulfonamides is 1. The van der Waals surface area contributed by atoms with Gasteiger partial charge in [0, 0.05) is 45.3 Å². The zero-order valence-corrected chi connectivity index (χ0v) is 18.8. The number of rotatable bonds is 7. The zero-order valence-electron chi connectivity index (χ0n) is 18.0. The number of hydrogen-bond donors (Lipinski definition) is 1. The van der Waals surface area contributed by atoms with Crippen LogP contribution >= 0.6 is 0 Å². The topological polar surface area (TPSA) is 90.0 Å². The van der Waals surface area contributed by atoms with E-state index in [1.165, 1.54) is 0 Å². The average molecular weight is 449 g/mol. The highest BCUT2D eigenvalue weighted by atomic mass is 32.2. The van der Waals surface area contributed by atoms with Gasteiger partial charge in [0.15, 0.2) is 0 Å². The molecule has 0 spiro atoms. The summed E-state index contributed by atoms with van der Waals surface area (Å²) in [5, 5.41) is 3.00. The first kappa shape index (κ1) is 22.2. The van der Waals surface area contributed by atoms with E-state index in [2.05, 4.69) is 10.2 Å². The molecule has 4 rings (SSSR count). The van der Waals surface area contributed by atoms with Crippen molar-refractivity contribution in [1.82, 2.24) is 19.4 Å². The van der Waals surface area contributed by atoms with E-state index in [1.54, 1.807) is 28.6 Å². The van der Waals surface area contributed by atoms with E-state index in [0.717, 1.165) is 37.7 Å². The fraction of sp³-hybridized carbons (Fsp3) is 0.636. The molecule has 3 fully saturated rings. The Kier molecular flexibility index (Phi) is 6.93. The third-order valence-electron chi connectivity index (χ3n) is 6.27. The fourth-order valence-electron chi connectivity index (χ4n) is 4.18. The molecule has 170 valence electrons. The molecule has 0 radical (unpaired) electrons. The van der Waals surface area contributed by atoms with Crippen LogP contribution in [0.3, 0.4) is 0 Å². The lowest BCUT2D eigenvalue weighted by Crippen LogP contribution is -2.51. The second-order valence-electron chi connectivity index (χ2n) is 8.78. The van der Waals surface area contributed by atoms with Gasteiger partial charge in [-0.25, -0.2) is 8.42 Å². The van der Waals surface area contributed by atoms with Gasteiger partial charge < -0.3 is 10.2 Å². The van der Waals surface area contributed by atoms with Crippen LogP contribution in [-0.4, -0.2) is 86.2 Å². The molecule has 1 saturated carbocycles. The van der Waals surface area contributed by atoms with Crippen molar-refractivity contribution < 1.29 is 18.0 Å². The number of amides is 2. The minimum atomic E-state index is -3.45. The number of piperidine rings is 1. The Labute approximate surface area is 184 Å². The van der Waals surface area contributed by atoms with Crippen LogP contribution in [-0.2, 0) is 26.0 Å². The number of benzene rings is 1. The predicted molar refractivity (Wildman–Crippen MR) is 117 cm³/mol. The molecule has 1 aromatic rings. The second-order valence-corrected chi connectivity index (χ2v) is 10.7. The Balaban J connectivity index is 1.25. The van der Waals surface area contributed by atoms with Crippen LogP contribution in [0.4, 0.5) is 0 Å². The molecule has 9 heteroatoms. The summed E-state index contributed by atoms with van der Waals surface area (Å²) in [6, 6.07) is 7.09. The fourth-order valence-corrected chi connectivity index (χ4v) is 5.70. The van der Waals surface area contributed by atoms with Gasteiger partial charge in [0.1, 0.15) is 0 Å². The maximum absolute atomic E-state index is 12.8. The van der Waals surface area contributed by atoms with E-state index in [9.17, 15) is 18.0 Å². The Morgan fingerprint density at radius 3 is 2.16 bits per heavy atom. The summed E-state index contributed by atoms with van der Waals surface area (Å²) >= 11 is 0. The molecule has 0 unspecified atom stereocenters. The van der Waals surface area contributed by atoms with Crippen molar-refractivity contribution in [2.45, 2.75) is 49.5 Å². The van der Waals surface area contributed by atoms with Crippen molar-refractivity contribution in [3.8, 4) is 0 Å². The number of nitrogens with one attached hydrogen (secondary N) is 1. The standard InChI is InChI=1S/C22H32N4O4S/c27-21(23-19-6-7-19)17-24-12-14-25(15-13-24)22(28)16-18-4-8-20(9-5-18)31(29,30)26-10-2-1-3-11-26/h4-5,8-9,19H,1-3,6-7,10-17H2,(H,23,27). The Morgan fingerprint density at radius 2 is 1.55 bits per heavy atom. The third-order valence-corrected chi connectivity index (χ3v) is 8.18. The lowest BCUT2D eigenvalue weighted by atomic mass is 10.1. The van der Waals surface area contributed by atoms with E-state index < -0.39 is 10.0 Å². The number of nitrogens with zero attached hydrogens (tertiary/aromatic N) is 3. The van der Waals surface area contributed by atoms with Gasteiger partial charge in [-0.05, 0) is 43.4 Å². The highest BCUT2D eigenvalue weighted by Gasteiger charge is 2.27. The van der Waals surface area contributed by atoms with Gasteiger partial charge in [-0.1, -0.05) is 18.6 Å². The first-order valence-electron chi connectivity index (χ1n) is 11.3. The quantitative estimate of drug-likeness (QED) is 0.667. The van der Waals surface area contributed by atoms with Gasteiger partial charge in [0.05, 0.1) is 17.9 Å². The summed E-state index contributed by atoms with van der Waals surface area (Å²) in [4.78, 5) is 28.8. The summed E-state index contributed by atoms with van der Waals surface area (Å²) in [6.07, 6.45) is 5.31. The third kappa shape index (κ3) is 5.84. The Morgan fingerprint density at radius 1 is 0.903 bits per heavy atom. The highest BCUT2D eigenvalue weighted by molar-refractivity contribution is 7.89. The molecule has 2 heterocycles. The first-order valence-corrected chi connectivity index (χ1v) is 12.7. The maximum atomic E-state index is 12.8. The molecule has 2 aliphatic heterocycles. The molecule has 3 aliphatic rings. The summed E-state index contributed by atoms with van der Waals surface area (Å²) in [5.74, 6) is 0.107. The molecular weight excluding hydrogens is 416 g/mol. The summed E-state index contributed by atoms with van der Waals surface area (Å²) in [6.45, 7) is 4.15. The minimum absolute atomic E-state index is 0.0359. The lowest BCUT2D eigenvalue weighted by molar-refractivity contribution is -0.132. The highest BCUT2D eigenvalue weighted by Crippen LogP contribution is 2.21. The van der Waals surface area contributed by atoms with Crippen LogP contribution in [0, 0.1) is 0 Å². The van der Waals surface area contributed by atoms with Gasteiger partial charge in [-0.15, -0.1) is 0 Å². The smallest absolute Gasteiger partial charge is 0.243 e. The van der Waals surface area contributed by atoms with E-state index >= 15 is 0 Å². The molecule has 1 aromatic carbocycles. The summed E-state index contributed by atoms with van der Waals surface area (Å²) < 4.78 is 27.1. The van der Waals surface area contributed by atoms with E-state index in [1.807, 2.05) is 4.90 Å². The molecule has 8 nitrogen and oxygen atoms in total. The summed E-state index contributed by atoms with van der Waals surface area (Å²) in [5.41, 5.74) is 0.814. The van der Waals surface area contributed by atoms with Gasteiger partial charge in [0.25, 0.3) is 0 Å². The molecule has 0 bridgehead atoms. The van der Waals surface area contributed by atoms with E-state index in [4.69, 9.17) is 0 Å². The number of piperazine rings is 1. The number of carbonyl (C=O) groups is 2. The van der Waals surface area contributed by atoms with Crippen molar-refractivity contribution in [3.05, 3.63) is 29.8 Å². The van der Waals surface area contributed by atoms with Crippen LogP contribution in [0.2, 0.25) is 0 Å². The summed E-state index contributed by atoms with van der Waals surface area (Å²) in [7, 11) is -3.45. The molecule has 0 atom stereocenters. The Bertz CT molecular complexity index is 885. The SMILES string of the molecule is O=C(CN1CCN(C(=O)Cc2ccc(S(=O)(=O)N3CCCCC3)cc2)CC1)NC1CC1. The van der Waals surface area contributed by atoms with Crippen LogP contribution in [0.15, 0.2) is 29.2 Å². The average Bonchev–Trinajstić information content (AvgIpc) is 3.59. The predicted octanol–water partition coefficient (Wildman–Crippen LogP) is 0.827. The largest absolute Gasteiger partial charge is 0.352 e. The van der Waals surface area contributed by atoms with Crippen molar-refractivity contribution in [3.63, 3.8) is 0 Å². The van der Waals surface area contributed by atoms with Crippen molar-refractivity contribution in [2.75, 3.05) is 45.8 Å². The van der Waals surface area contributed by atoms with Gasteiger partial charge in [0.2, 0.25) is 21.8 Å². The first-order chi connectivity index (χ1) is 14.9. The molecule has 1 N–H and O–H groups in total. The number of hydrogen-bond acceptors (Lipinski definition) is 5. The van der Waals surface area contributed by atoms with Gasteiger partial charge in [-0.2, -0.15) is 4.31 Å². The van der Waals surface area contributed by atoms with Crippen molar-refractivity contribution in [1.29, 1.82) is 0 Å². The second kappa shape index (κ2) is 9.67. The van der Waals surface area contributed by atoms with Gasteiger partial charge >= 0.3 is 0 Å². The van der Waals surface area contributed by atoms with Crippen LogP contribution in [0.25, 0.3) is 0 Å². The van der Waals surface area contributed by atoms with E-state index in [0.29, 0.717) is 56.8 Å².